The predicted octanol–water partition coefficient (Wildman–Crippen LogP) is 3.97. The molecule has 92 valence electrons. The molecular weight excluding hydrogens is 255 g/mol. The average molecular weight is 265 g/mol. The minimum Gasteiger partial charge on any atom is -0.496 e. The average Bonchev–Trinajstić information content (AvgIpc) is 2.38. The van der Waals surface area contributed by atoms with Gasteiger partial charge in [0.25, 0.3) is 0 Å². The third-order valence-electron chi connectivity index (χ3n) is 2.60. The first kappa shape index (κ1) is 12.6. The Hall–Kier alpha value is -1.87. The molecule has 0 spiro atoms. The molecule has 2 nitrogen and oxygen atoms in total. The van der Waals surface area contributed by atoms with Gasteiger partial charge in [-0.2, -0.15) is 0 Å². The second kappa shape index (κ2) is 5.19. The number of carbonyl (C=O) groups excluding carboxylic acids is 1. The van der Waals surface area contributed by atoms with Crippen LogP contribution in [0.5, 0.6) is 5.75 Å². The van der Waals surface area contributed by atoms with Crippen LogP contribution in [-0.4, -0.2) is 13.4 Å². The maximum absolute atomic E-state index is 13.3. The third kappa shape index (κ3) is 2.36. The van der Waals surface area contributed by atoms with Gasteiger partial charge in [0.2, 0.25) is 0 Å². The Labute approximate surface area is 109 Å². The number of rotatable bonds is 3. The van der Waals surface area contributed by atoms with Crippen molar-refractivity contribution in [3.63, 3.8) is 0 Å². The number of ether oxygens (including phenoxy) is 1. The summed E-state index contributed by atoms with van der Waals surface area (Å²) in [6, 6.07) is 9.14. The third-order valence-corrected chi connectivity index (χ3v) is 2.93. The van der Waals surface area contributed by atoms with Gasteiger partial charge in [0.1, 0.15) is 11.6 Å². The van der Waals surface area contributed by atoms with Crippen LogP contribution in [0, 0.1) is 5.82 Å². The van der Waals surface area contributed by atoms with Crippen LogP contribution in [-0.2, 0) is 0 Å². The summed E-state index contributed by atoms with van der Waals surface area (Å²) < 4.78 is 18.4. The van der Waals surface area contributed by atoms with E-state index in [4.69, 9.17) is 16.3 Å². The van der Waals surface area contributed by atoms with Crippen LogP contribution in [0.1, 0.15) is 10.4 Å². The van der Waals surface area contributed by atoms with Crippen LogP contribution in [0.25, 0.3) is 11.1 Å². The molecule has 0 saturated carbocycles. The van der Waals surface area contributed by atoms with Crippen LogP contribution < -0.4 is 4.74 Å². The second-order valence-corrected chi connectivity index (χ2v) is 4.11. The van der Waals surface area contributed by atoms with E-state index in [2.05, 4.69) is 0 Å². The van der Waals surface area contributed by atoms with E-state index in [1.807, 2.05) is 0 Å². The van der Waals surface area contributed by atoms with Crippen molar-refractivity contribution in [1.29, 1.82) is 0 Å². The smallest absolute Gasteiger partial charge is 0.151 e. The molecule has 0 N–H and O–H groups in total. The first-order valence-electron chi connectivity index (χ1n) is 5.24. The van der Waals surface area contributed by atoms with E-state index < -0.39 is 0 Å². The lowest BCUT2D eigenvalue weighted by atomic mass is 10.0. The highest BCUT2D eigenvalue weighted by molar-refractivity contribution is 6.33. The first-order chi connectivity index (χ1) is 8.65. The molecule has 0 aliphatic carbocycles. The van der Waals surface area contributed by atoms with E-state index in [9.17, 15) is 9.18 Å². The van der Waals surface area contributed by atoms with E-state index in [-0.39, 0.29) is 5.82 Å². The van der Waals surface area contributed by atoms with Gasteiger partial charge in [-0.15, -0.1) is 0 Å². The highest BCUT2D eigenvalue weighted by Crippen LogP contribution is 2.32. The predicted molar refractivity (Wildman–Crippen MR) is 68.8 cm³/mol. The zero-order valence-electron chi connectivity index (χ0n) is 9.61. The lowest BCUT2D eigenvalue weighted by Crippen LogP contribution is -1.90. The van der Waals surface area contributed by atoms with Crippen molar-refractivity contribution >= 4 is 17.9 Å². The Morgan fingerprint density at radius 2 is 2.00 bits per heavy atom. The van der Waals surface area contributed by atoms with Crippen molar-refractivity contribution in [2.24, 2.45) is 0 Å². The van der Waals surface area contributed by atoms with Crippen LogP contribution in [0.4, 0.5) is 4.39 Å². The summed E-state index contributed by atoms with van der Waals surface area (Å²) >= 11 is 5.95. The molecule has 4 heteroatoms. The maximum atomic E-state index is 13.3. The number of aldehydes is 1. The Kier molecular flexibility index (Phi) is 3.63. The summed E-state index contributed by atoms with van der Waals surface area (Å²) in [5, 5.41) is 0.328. The second-order valence-electron chi connectivity index (χ2n) is 3.70. The van der Waals surface area contributed by atoms with Crippen molar-refractivity contribution in [2.75, 3.05) is 7.11 Å². The van der Waals surface area contributed by atoms with Crippen LogP contribution >= 0.6 is 11.6 Å². The molecule has 0 amide bonds. The Morgan fingerprint density at radius 3 is 2.61 bits per heavy atom. The zero-order chi connectivity index (χ0) is 13.1. The van der Waals surface area contributed by atoms with E-state index in [1.54, 1.807) is 24.3 Å². The lowest BCUT2D eigenvalue weighted by Gasteiger charge is -2.09. The lowest BCUT2D eigenvalue weighted by molar-refractivity contribution is 0.112. The molecule has 0 bridgehead atoms. The molecule has 2 aromatic carbocycles. The molecule has 2 aromatic rings. The van der Waals surface area contributed by atoms with Gasteiger partial charge >= 0.3 is 0 Å². The van der Waals surface area contributed by atoms with Gasteiger partial charge in [0, 0.05) is 11.1 Å². The van der Waals surface area contributed by atoms with Gasteiger partial charge in [0.15, 0.2) is 6.29 Å². The molecule has 0 radical (unpaired) electrons. The van der Waals surface area contributed by atoms with Crippen molar-refractivity contribution < 1.29 is 13.9 Å². The standard InChI is InChI=1S/C14H10ClFO2/c1-18-14-5-4-11(16)7-12(14)9-2-3-10(8-17)13(15)6-9/h2-8H,1H3. The molecule has 2 rings (SSSR count). The molecule has 0 aliphatic heterocycles. The SMILES string of the molecule is COc1ccc(F)cc1-c1ccc(C=O)c(Cl)c1. The van der Waals surface area contributed by atoms with E-state index in [1.165, 1.54) is 19.2 Å². The summed E-state index contributed by atoms with van der Waals surface area (Å²) in [5.74, 6) is 0.188. The van der Waals surface area contributed by atoms with Gasteiger partial charge < -0.3 is 4.74 Å². The van der Waals surface area contributed by atoms with Crippen molar-refractivity contribution in [3.8, 4) is 16.9 Å². The number of methoxy groups -OCH3 is 1. The molecule has 0 atom stereocenters. The van der Waals surface area contributed by atoms with Crippen LogP contribution in [0.15, 0.2) is 36.4 Å². The first-order valence-corrected chi connectivity index (χ1v) is 5.62. The maximum Gasteiger partial charge on any atom is 0.151 e. The molecule has 0 aliphatic rings. The fraction of sp³-hybridized carbons (Fsp3) is 0.0714. The van der Waals surface area contributed by atoms with Crippen LogP contribution in [0.3, 0.4) is 0 Å². The van der Waals surface area contributed by atoms with Gasteiger partial charge in [-0.05, 0) is 35.9 Å². The fourth-order valence-electron chi connectivity index (χ4n) is 1.70. The fourth-order valence-corrected chi connectivity index (χ4v) is 1.92. The number of benzene rings is 2. The van der Waals surface area contributed by atoms with Crippen molar-refractivity contribution in [1.82, 2.24) is 0 Å². The molecule has 18 heavy (non-hydrogen) atoms. The Bertz CT molecular complexity index is 596. The number of carbonyl (C=O) groups is 1. The quantitative estimate of drug-likeness (QED) is 0.784. The monoisotopic (exact) mass is 264 g/mol. The Morgan fingerprint density at radius 1 is 1.22 bits per heavy atom. The highest BCUT2D eigenvalue weighted by atomic mass is 35.5. The van der Waals surface area contributed by atoms with Crippen molar-refractivity contribution in [3.05, 3.63) is 52.8 Å². The van der Waals surface area contributed by atoms with Gasteiger partial charge in [0.05, 0.1) is 12.1 Å². The summed E-state index contributed by atoms with van der Waals surface area (Å²) in [6.45, 7) is 0. The van der Waals surface area contributed by atoms with Crippen LogP contribution in [0.2, 0.25) is 5.02 Å². The molecular formula is C14H10ClFO2. The zero-order valence-corrected chi connectivity index (χ0v) is 10.4. The number of hydrogen-bond acceptors (Lipinski definition) is 2. The van der Waals surface area contributed by atoms with E-state index >= 15 is 0 Å². The summed E-state index contributed by atoms with van der Waals surface area (Å²) in [7, 11) is 1.51. The summed E-state index contributed by atoms with van der Waals surface area (Å²) in [6.07, 6.45) is 0.676. The minimum absolute atomic E-state index is 0.328. The topological polar surface area (TPSA) is 26.3 Å². The van der Waals surface area contributed by atoms with Gasteiger partial charge in [-0.1, -0.05) is 17.7 Å². The Balaban J connectivity index is 2.57. The summed E-state index contributed by atoms with van der Waals surface area (Å²) in [5.41, 5.74) is 1.69. The molecule has 0 saturated heterocycles. The molecule has 0 fully saturated rings. The molecule has 0 aromatic heterocycles. The van der Waals surface area contributed by atoms with Gasteiger partial charge in [-0.25, -0.2) is 4.39 Å². The van der Waals surface area contributed by atoms with E-state index in [0.717, 1.165) is 0 Å². The summed E-state index contributed by atoms with van der Waals surface area (Å²) in [4.78, 5) is 10.7. The molecule has 0 unspecified atom stereocenters. The number of halogens is 2. The largest absolute Gasteiger partial charge is 0.496 e. The van der Waals surface area contributed by atoms with Gasteiger partial charge in [-0.3, -0.25) is 4.79 Å². The number of hydrogen-bond donors (Lipinski definition) is 0. The highest BCUT2D eigenvalue weighted by Gasteiger charge is 2.09. The molecule has 0 heterocycles. The normalized spacial score (nSPS) is 10.2. The minimum atomic E-state index is -0.360. The van der Waals surface area contributed by atoms with E-state index in [0.29, 0.717) is 33.7 Å². The van der Waals surface area contributed by atoms with Crippen molar-refractivity contribution in [2.45, 2.75) is 0 Å².